The summed E-state index contributed by atoms with van der Waals surface area (Å²) >= 11 is 6.25. The number of aryl methyl sites for hydroxylation is 2. The maximum Gasteiger partial charge on any atom is 0.244 e. The van der Waals surface area contributed by atoms with Gasteiger partial charge in [0.2, 0.25) is 21.8 Å². The summed E-state index contributed by atoms with van der Waals surface area (Å²) in [7, 11) is -3.83. The number of nitrogens with one attached hydrogen (secondary N) is 1. The molecule has 3 rings (SSSR count). The van der Waals surface area contributed by atoms with E-state index in [4.69, 9.17) is 11.6 Å². The van der Waals surface area contributed by atoms with Crippen LogP contribution in [0.2, 0.25) is 5.02 Å². The molecular formula is C31H38ClN3O4S. The van der Waals surface area contributed by atoms with Gasteiger partial charge in [-0.05, 0) is 81.1 Å². The van der Waals surface area contributed by atoms with Gasteiger partial charge in [0, 0.05) is 23.5 Å². The van der Waals surface area contributed by atoms with Crippen LogP contribution in [0, 0.1) is 13.8 Å². The van der Waals surface area contributed by atoms with Crippen LogP contribution in [0.25, 0.3) is 0 Å². The van der Waals surface area contributed by atoms with Crippen molar-refractivity contribution in [2.75, 3.05) is 17.1 Å². The van der Waals surface area contributed by atoms with Crippen LogP contribution in [-0.4, -0.2) is 49.5 Å². The highest BCUT2D eigenvalue weighted by atomic mass is 35.5. The second-order valence-corrected chi connectivity index (χ2v) is 13.5. The van der Waals surface area contributed by atoms with Gasteiger partial charge >= 0.3 is 0 Å². The number of benzene rings is 3. The van der Waals surface area contributed by atoms with Crippen molar-refractivity contribution in [2.45, 2.75) is 59.2 Å². The highest BCUT2D eigenvalue weighted by molar-refractivity contribution is 7.92. The molecule has 3 aromatic carbocycles. The van der Waals surface area contributed by atoms with Crippen molar-refractivity contribution in [3.63, 3.8) is 0 Å². The fourth-order valence-electron chi connectivity index (χ4n) is 4.33. The molecule has 0 radical (unpaired) electrons. The third-order valence-electron chi connectivity index (χ3n) is 6.47. The normalized spacial score (nSPS) is 12.5. The first-order valence-electron chi connectivity index (χ1n) is 13.1. The number of amides is 2. The summed E-state index contributed by atoms with van der Waals surface area (Å²) in [6.45, 7) is 9.05. The molecule has 0 bridgehead atoms. The Balaban J connectivity index is 2.09. The summed E-state index contributed by atoms with van der Waals surface area (Å²) in [5, 5.41) is 3.51. The van der Waals surface area contributed by atoms with E-state index < -0.39 is 34.1 Å². The van der Waals surface area contributed by atoms with Crippen molar-refractivity contribution in [3.05, 3.63) is 100 Å². The van der Waals surface area contributed by atoms with Crippen molar-refractivity contribution < 1.29 is 18.0 Å². The van der Waals surface area contributed by atoms with E-state index in [0.717, 1.165) is 32.8 Å². The molecule has 1 unspecified atom stereocenters. The number of hydrogen-bond donors (Lipinski definition) is 1. The molecule has 214 valence electrons. The van der Waals surface area contributed by atoms with Crippen LogP contribution >= 0.6 is 11.6 Å². The molecule has 40 heavy (non-hydrogen) atoms. The van der Waals surface area contributed by atoms with Gasteiger partial charge in [0.25, 0.3) is 0 Å². The van der Waals surface area contributed by atoms with E-state index in [-0.39, 0.29) is 18.9 Å². The minimum atomic E-state index is -3.83. The van der Waals surface area contributed by atoms with Crippen LogP contribution < -0.4 is 9.62 Å². The number of sulfonamides is 1. The molecule has 7 nitrogen and oxygen atoms in total. The summed E-state index contributed by atoms with van der Waals surface area (Å²) in [4.78, 5) is 29.3. The lowest BCUT2D eigenvalue weighted by molar-refractivity contribution is -0.140. The van der Waals surface area contributed by atoms with Gasteiger partial charge in [0.1, 0.15) is 12.6 Å². The lowest BCUT2D eigenvalue weighted by Crippen LogP contribution is -2.56. The molecule has 0 spiro atoms. The van der Waals surface area contributed by atoms with E-state index in [1.807, 2.05) is 77.1 Å². The molecule has 0 saturated heterocycles. The van der Waals surface area contributed by atoms with Crippen LogP contribution in [0.4, 0.5) is 5.69 Å². The Labute approximate surface area is 243 Å². The van der Waals surface area contributed by atoms with Crippen molar-refractivity contribution in [3.8, 4) is 0 Å². The zero-order valence-electron chi connectivity index (χ0n) is 23.9. The number of nitrogens with zero attached hydrogens (tertiary/aromatic N) is 2. The molecule has 0 aliphatic carbocycles. The van der Waals surface area contributed by atoms with E-state index in [1.165, 1.54) is 4.90 Å². The summed E-state index contributed by atoms with van der Waals surface area (Å²) in [6.07, 6.45) is 1.32. The van der Waals surface area contributed by atoms with Gasteiger partial charge in [-0.2, -0.15) is 0 Å². The molecular weight excluding hydrogens is 546 g/mol. The standard InChI is InChI=1S/C31H38ClN3O4S/c1-22-15-16-27(17-23(22)2)35(40(6,38)39)21-29(36)34(20-25-13-10-14-26(32)18-25)28(30(37)33-31(3,4)5)19-24-11-8-7-9-12-24/h7-18,28H,19-21H2,1-6H3,(H,33,37). The lowest BCUT2D eigenvalue weighted by atomic mass is 10.0. The fourth-order valence-corrected chi connectivity index (χ4v) is 5.39. The van der Waals surface area contributed by atoms with Gasteiger partial charge in [0.05, 0.1) is 11.9 Å². The second-order valence-electron chi connectivity index (χ2n) is 11.1. The number of halogens is 1. The first kappa shape index (κ1) is 31.2. The quantitative estimate of drug-likeness (QED) is 0.352. The molecule has 1 N–H and O–H groups in total. The molecule has 0 fully saturated rings. The van der Waals surface area contributed by atoms with Gasteiger partial charge < -0.3 is 10.2 Å². The van der Waals surface area contributed by atoms with Crippen molar-refractivity contribution in [1.82, 2.24) is 10.2 Å². The fraction of sp³-hybridized carbons (Fsp3) is 0.355. The van der Waals surface area contributed by atoms with Crippen molar-refractivity contribution in [2.24, 2.45) is 0 Å². The Bertz CT molecular complexity index is 1450. The van der Waals surface area contributed by atoms with Crippen molar-refractivity contribution in [1.29, 1.82) is 0 Å². The molecule has 0 heterocycles. The predicted molar refractivity (Wildman–Crippen MR) is 162 cm³/mol. The highest BCUT2D eigenvalue weighted by Gasteiger charge is 2.34. The summed E-state index contributed by atoms with van der Waals surface area (Å²) in [6, 6.07) is 20.9. The molecule has 0 aromatic heterocycles. The highest BCUT2D eigenvalue weighted by Crippen LogP contribution is 2.23. The topological polar surface area (TPSA) is 86.8 Å². The Morgan fingerprint density at radius 3 is 2.12 bits per heavy atom. The average molecular weight is 584 g/mol. The van der Waals surface area contributed by atoms with Crippen molar-refractivity contribution >= 4 is 39.1 Å². The number of rotatable bonds is 10. The number of carbonyl (C=O) groups is 2. The monoisotopic (exact) mass is 583 g/mol. The zero-order chi connectivity index (χ0) is 29.7. The molecule has 0 saturated carbocycles. The Morgan fingerprint density at radius 2 is 1.55 bits per heavy atom. The maximum absolute atomic E-state index is 14.1. The van der Waals surface area contributed by atoms with Crippen LogP contribution in [-0.2, 0) is 32.6 Å². The van der Waals surface area contributed by atoms with E-state index in [2.05, 4.69) is 5.32 Å². The Hall–Kier alpha value is -3.36. The third-order valence-corrected chi connectivity index (χ3v) is 7.84. The molecule has 0 aliphatic heterocycles. The van der Waals surface area contributed by atoms with Crippen LogP contribution in [0.15, 0.2) is 72.8 Å². The van der Waals surface area contributed by atoms with E-state index in [1.54, 1.807) is 30.3 Å². The summed E-state index contributed by atoms with van der Waals surface area (Å²) < 4.78 is 27.0. The second kappa shape index (κ2) is 12.9. The molecule has 1 atom stereocenters. The molecule has 2 amide bonds. The average Bonchev–Trinajstić information content (AvgIpc) is 2.85. The Kier molecular flexibility index (Phi) is 10.0. The van der Waals surface area contributed by atoms with E-state index in [9.17, 15) is 18.0 Å². The van der Waals surface area contributed by atoms with Gasteiger partial charge in [-0.1, -0.05) is 60.1 Å². The summed E-state index contributed by atoms with van der Waals surface area (Å²) in [5.74, 6) is -0.836. The molecule has 9 heteroatoms. The SMILES string of the molecule is Cc1ccc(N(CC(=O)N(Cc2cccc(Cl)c2)C(Cc2ccccc2)C(=O)NC(C)(C)C)S(C)(=O)=O)cc1C. The first-order chi connectivity index (χ1) is 18.6. The third kappa shape index (κ3) is 8.83. The summed E-state index contributed by atoms with van der Waals surface area (Å²) in [5.41, 5.74) is 3.35. The smallest absolute Gasteiger partial charge is 0.244 e. The van der Waals surface area contributed by atoms with Crippen LogP contribution in [0.1, 0.15) is 43.0 Å². The van der Waals surface area contributed by atoms with E-state index in [0.29, 0.717) is 10.7 Å². The van der Waals surface area contributed by atoms with Crippen LogP contribution in [0.5, 0.6) is 0 Å². The number of hydrogen-bond acceptors (Lipinski definition) is 4. The minimum Gasteiger partial charge on any atom is -0.350 e. The zero-order valence-corrected chi connectivity index (χ0v) is 25.5. The van der Waals surface area contributed by atoms with Gasteiger partial charge in [-0.25, -0.2) is 8.42 Å². The number of anilines is 1. The van der Waals surface area contributed by atoms with Gasteiger partial charge in [0.15, 0.2) is 0 Å². The minimum absolute atomic E-state index is 0.0684. The Morgan fingerprint density at radius 1 is 0.900 bits per heavy atom. The maximum atomic E-state index is 14.1. The predicted octanol–water partition coefficient (Wildman–Crippen LogP) is 5.28. The first-order valence-corrected chi connectivity index (χ1v) is 15.3. The largest absolute Gasteiger partial charge is 0.350 e. The molecule has 3 aromatic rings. The lowest BCUT2D eigenvalue weighted by Gasteiger charge is -2.35. The van der Waals surface area contributed by atoms with E-state index >= 15 is 0 Å². The number of carbonyl (C=O) groups excluding carboxylic acids is 2. The van der Waals surface area contributed by atoms with Gasteiger partial charge in [-0.15, -0.1) is 0 Å². The molecule has 0 aliphatic rings. The van der Waals surface area contributed by atoms with Crippen LogP contribution in [0.3, 0.4) is 0 Å². The van der Waals surface area contributed by atoms with Gasteiger partial charge in [-0.3, -0.25) is 13.9 Å².